The van der Waals surface area contributed by atoms with Crippen LogP contribution in [0, 0.1) is 0 Å². The predicted octanol–water partition coefficient (Wildman–Crippen LogP) is 3.97. The first kappa shape index (κ1) is 15.5. The Hall–Kier alpha value is -0.933. The minimum absolute atomic E-state index is 0.137. The monoisotopic (exact) mass is 280 g/mol. The first-order valence-corrected chi connectivity index (χ1v) is 8.83. The van der Waals surface area contributed by atoms with Crippen LogP contribution in [0.1, 0.15) is 11.1 Å². The van der Waals surface area contributed by atoms with Gasteiger partial charge in [-0.3, -0.25) is 0 Å². The zero-order chi connectivity index (χ0) is 14.4. The third-order valence-corrected chi connectivity index (χ3v) is 5.03. The fraction of sp³-hybridized carbons (Fsp3) is 0.250. The van der Waals surface area contributed by atoms with E-state index in [-0.39, 0.29) is 6.35 Å². The second-order valence-electron chi connectivity index (χ2n) is 4.80. The van der Waals surface area contributed by atoms with E-state index in [1.807, 2.05) is 24.3 Å². The van der Waals surface area contributed by atoms with Crippen molar-refractivity contribution in [3.8, 4) is 11.5 Å². The van der Waals surface area contributed by atoms with Crippen molar-refractivity contribution in [3.63, 3.8) is 0 Å². The number of benzene rings is 2. The molecular weight excluding hydrogens is 262 g/mol. The molecule has 20 heavy (non-hydrogen) atoms. The molecule has 2 rings (SSSR count). The number of ether oxygens (including phenoxy) is 2. The number of rotatable bonds is 6. The molecule has 2 nitrogen and oxygen atoms in total. The van der Waals surface area contributed by atoms with Crippen LogP contribution in [-0.4, -0.2) is 31.5 Å². The summed E-state index contributed by atoms with van der Waals surface area (Å²) in [5.41, 5.74) is 2.58. The van der Waals surface area contributed by atoms with E-state index in [1.54, 1.807) is 14.2 Å². The molecule has 4 heteroatoms. The van der Waals surface area contributed by atoms with Gasteiger partial charge in [-0.1, -0.05) is 0 Å². The molecule has 0 fully saturated rings. The summed E-state index contributed by atoms with van der Waals surface area (Å²) < 4.78 is 10.9. The van der Waals surface area contributed by atoms with Crippen LogP contribution in [0.3, 0.4) is 0 Å². The van der Waals surface area contributed by atoms with Crippen LogP contribution >= 0.6 is 6.35 Å². The first-order valence-electron chi connectivity index (χ1n) is 6.67. The molecule has 0 N–H and O–H groups in total. The van der Waals surface area contributed by atoms with Gasteiger partial charge >= 0.3 is 131 Å². The van der Waals surface area contributed by atoms with Crippen LogP contribution < -0.4 is 9.47 Å². The van der Waals surface area contributed by atoms with Gasteiger partial charge in [-0.15, -0.1) is 0 Å². The Balaban J connectivity index is 2.07. The Kier molecular flexibility index (Phi) is 5.99. The van der Waals surface area contributed by atoms with Crippen LogP contribution in [-0.2, 0) is 12.3 Å². The molecule has 2 aromatic carbocycles. The molecular formula is C16H18LiO2P. The van der Waals surface area contributed by atoms with E-state index in [0.717, 1.165) is 23.8 Å². The van der Waals surface area contributed by atoms with Gasteiger partial charge in [0.05, 0.1) is 0 Å². The maximum absolute atomic E-state index is 5.43. The number of para-hydroxylation sites is 2. The molecule has 0 amide bonds. The van der Waals surface area contributed by atoms with Crippen molar-refractivity contribution in [2.45, 2.75) is 12.3 Å². The normalized spacial score (nSPS) is 10.7. The van der Waals surface area contributed by atoms with Gasteiger partial charge in [-0.05, 0) is 0 Å². The molecule has 0 unspecified atom stereocenters. The zero-order valence-electron chi connectivity index (χ0n) is 12.3. The van der Waals surface area contributed by atoms with Crippen molar-refractivity contribution in [1.82, 2.24) is 0 Å². The van der Waals surface area contributed by atoms with Crippen LogP contribution in [0.4, 0.5) is 0 Å². The second kappa shape index (κ2) is 7.75. The Morgan fingerprint density at radius 3 is 1.60 bits per heavy atom. The summed E-state index contributed by atoms with van der Waals surface area (Å²) >= 11 is 2.33. The summed E-state index contributed by atoms with van der Waals surface area (Å²) in [6, 6.07) is 16.5. The molecule has 0 aliphatic carbocycles. The summed E-state index contributed by atoms with van der Waals surface area (Å²) in [6.45, 7) is 0. The van der Waals surface area contributed by atoms with Crippen LogP contribution in [0.15, 0.2) is 48.5 Å². The molecule has 0 radical (unpaired) electrons. The van der Waals surface area contributed by atoms with Crippen molar-refractivity contribution in [2.75, 3.05) is 14.2 Å². The van der Waals surface area contributed by atoms with Crippen LogP contribution in [0.2, 0.25) is 0 Å². The van der Waals surface area contributed by atoms with Crippen molar-refractivity contribution in [2.24, 2.45) is 0 Å². The van der Waals surface area contributed by atoms with E-state index in [4.69, 9.17) is 9.47 Å². The zero-order valence-corrected chi connectivity index (χ0v) is 13.2. The number of methoxy groups -OCH3 is 2. The SMILES string of the molecule is [Li][P](Cc1ccccc1OC)Cc1ccccc1OC. The standard InChI is InChI=1S/C16H18O2P.Li/c1-17-15-9-5-3-7-13(15)11-19-12-14-8-4-6-10-16(14)18-2;/h3-10H,11-12H2,1-2H3;/q-1;+1. The van der Waals surface area contributed by atoms with E-state index in [2.05, 4.69) is 41.5 Å². The third-order valence-electron chi connectivity index (χ3n) is 3.27. The van der Waals surface area contributed by atoms with Crippen molar-refractivity contribution in [3.05, 3.63) is 59.7 Å². The summed E-state index contributed by atoms with van der Waals surface area (Å²) in [4.78, 5) is 0. The van der Waals surface area contributed by atoms with Crippen molar-refractivity contribution < 1.29 is 9.47 Å². The molecule has 0 aliphatic heterocycles. The van der Waals surface area contributed by atoms with E-state index < -0.39 is 0 Å². The quantitative estimate of drug-likeness (QED) is 0.589. The summed E-state index contributed by atoms with van der Waals surface area (Å²) in [5, 5.41) is 0. The first-order chi connectivity index (χ1) is 9.74. The third kappa shape index (κ3) is 4.03. The average molecular weight is 280 g/mol. The average Bonchev–Trinajstić information content (AvgIpc) is 2.48. The molecule has 100 valence electrons. The van der Waals surface area contributed by atoms with E-state index >= 15 is 0 Å². The second-order valence-corrected chi connectivity index (χ2v) is 7.14. The Morgan fingerprint density at radius 1 is 0.800 bits per heavy atom. The van der Waals surface area contributed by atoms with Crippen LogP contribution in [0.25, 0.3) is 0 Å². The van der Waals surface area contributed by atoms with Gasteiger partial charge in [0.15, 0.2) is 0 Å². The molecule has 0 bridgehead atoms. The topological polar surface area (TPSA) is 18.5 Å². The molecule has 0 heterocycles. The number of hydrogen-bond donors (Lipinski definition) is 0. The molecule has 0 atom stereocenters. The maximum atomic E-state index is 5.43. The van der Waals surface area contributed by atoms with Gasteiger partial charge in [-0.25, -0.2) is 0 Å². The van der Waals surface area contributed by atoms with Gasteiger partial charge < -0.3 is 0 Å². The summed E-state index contributed by atoms with van der Waals surface area (Å²) in [7, 11) is 3.47. The molecule has 0 saturated carbocycles. The van der Waals surface area contributed by atoms with Gasteiger partial charge in [0, 0.05) is 0 Å². The van der Waals surface area contributed by atoms with E-state index in [9.17, 15) is 0 Å². The Labute approximate surface area is 131 Å². The molecule has 0 aromatic heterocycles. The summed E-state index contributed by atoms with van der Waals surface area (Å²) in [5.74, 6) is 1.98. The predicted molar refractivity (Wildman–Crippen MR) is 86.1 cm³/mol. The Morgan fingerprint density at radius 2 is 1.20 bits per heavy atom. The summed E-state index contributed by atoms with van der Waals surface area (Å²) in [6.07, 6.45) is 2.00. The molecule has 0 aliphatic rings. The fourth-order valence-electron chi connectivity index (χ4n) is 2.30. The van der Waals surface area contributed by atoms with Crippen LogP contribution in [0.5, 0.6) is 11.5 Å². The van der Waals surface area contributed by atoms with E-state index in [1.165, 1.54) is 11.1 Å². The van der Waals surface area contributed by atoms with Gasteiger partial charge in [0.2, 0.25) is 0 Å². The minimum atomic E-state index is -0.137. The van der Waals surface area contributed by atoms with Crippen molar-refractivity contribution in [1.29, 1.82) is 0 Å². The number of hydrogen-bond acceptors (Lipinski definition) is 2. The fourth-order valence-corrected chi connectivity index (χ4v) is 4.10. The van der Waals surface area contributed by atoms with E-state index in [0.29, 0.717) is 0 Å². The molecule has 2 aromatic rings. The van der Waals surface area contributed by atoms with Gasteiger partial charge in [-0.2, -0.15) is 0 Å². The van der Waals surface area contributed by atoms with Gasteiger partial charge in [0.25, 0.3) is 0 Å². The molecule has 0 saturated heterocycles. The Bertz CT molecular complexity index is 510. The van der Waals surface area contributed by atoms with Crippen molar-refractivity contribution >= 4 is 23.6 Å². The van der Waals surface area contributed by atoms with Gasteiger partial charge in [0.1, 0.15) is 0 Å². The molecule has 0 spiro atoms.